The van der Waals surface area contributed by atoms with Crippen LogP contribution in [0.1, 0.15) is 18.4 Å². The van der Waals surface area contributed by atoms with Gasteiger partial charge in [0, 0.05) is 24.5 Å². The number of rotatable bonds is 6. The first-order valence-electron chi connectivity index (χ1n) is 6.02. The number of carbonyl (C=O) groups excluding carboxylic acids is 1. The van der Waals surface area contributed by atoms with Crippen LogP contribution in [0.25, 0.3) is 0 Å². The van der Waals surface area contributed by atoms with Crippen LogP contribution in [0.2, 0.25) is 5.02 Å². The van der Waals surface area contributed by atoms with Gasteiger partial charge in [-0.2, -0.15) is 13.2 Å². The highest BCUT2D eigenvalue weighted by molar-refractivity contribution is 6.30. The molecule has 0 saturated heterocycles. The maximum Gasteiger partial charge on any atom is 0.471 e. The fourth-order valence-electron chi connectivity index (χ4n) is 1.66. The van der Waals surface area contributed by atoms with E-state index in [9.17, 15) is 22.8 Å². The van der Waals surface area contributed by atoms with Gasteiger partial charge in [-0.1, -0.05) is 23.7 Å². The second-order valence-electron chi connectivity index (χ2n) is 4.35. The van der Waals surface area contributed by atoms with Crippen LogP contribution in [0.5, 0.6) is 0 Å². The summed E-state index contributed by atoms with van der Waals surface area (Å²) < 4.78 is 37.6. The number of carbonyl (C=O) groups is 2. The summed E-state index contributed by atoms with van der Waals surface area (Å²) in [6.45, 7) is -0.539. The van der Waals surface area contributed by atoms with Gasteiger partial charge in [0.15, 0.2) is 0 Å². The number of carboxylic acids is 1. The minimum absolute atomic E-state index is 0.0509. The molecule has 1 aromatic rings. The predicted molar refractivity (Wildman–Crippen MR) is 69.8 cm³/mol. The molecule has 0 aliphatic carbocycles. The van der Waals surface area contributed by atoms with Crippen molar-refractivity contribution < 1.29 is 27.9 Å². The minimum atomic E-state index is -4.99. The first-order chi connectivity index (χ1) is 9.70. The van der Waals surface area contributed by atoms with Crippen LogP contribution >= 0.6 is 11.6 Å². The molecular formula is C13H13ClF3NO3. The predicted octanol–water partition coefficient (Wildman–Crippen LogP) is 3.10. The zero-order valence-corrected chi connectivity index (χ0v) is 11.6. The Morgan fingerprint density at radius 1 is 1.19 bits per heavy atom. The van der Waals surface area contributed by atoms with Gasteiger partial charge in [-0.25, -0.2) is 0 Å². The number of alkyl halides is 3. The third-order valence-corrected chi connectivity index (χ3v) is 2.89. The number of carboxylic acid groups (broad SMARTS) is 1. The average Bonchev–Trinajstić information content (AvgIpc) is 2.37. The Labute approximate surface area is 124 Å². The van der Waals surface area contributed by atoms with E-state index in [0.29, 0.717) is 15.5 Å². The number of halogens is 4. The van der Waals surface area contributed by atoms with Crippen molar-refractivity contribution in [2.45, 2.75) is 25.6 Å². The molecule has 0 atom stereocenters. The lowest BCUT2D eigenvalue weighted by molar-refractivity contribution is -0.186. The van der Waals surface area contributed by atoms with E-state index in [4.69, 9.17) is 16.7 Å². The molecule has 0 aliphatic heterocycles. The van der Waals surface area contributed by atoms with Gasteiger partial charge in [0.25, 0.3) is 0 Å². The van der Waals surface area contributed by atoms with Crippen molar-refractivity contribution in [2.24, 2.45) is 0 Å². The summed E-state index contributed by atoms with van der Waals surface area (Å²) in [5, 5.41) is 8.93. The van der Waals surface area contributed by atoms with Gasteiger partial charge in [-0.3, -0.25) is 9.59 Å². The fraction of sp³-hybridized carbons (Fsp3) is 0.385. The second kappa shape index (κ2) is 7.31. The van der Waals surface area contributed by atoms with Gasteiger partial charge < -0.3 is 10.0 Å². The summed E-state index contributed by atoms with van der Waals surface area (Å²) in [5.41, 5.74) is 0.479. The molecule has 1 amide bonds. The third-order valence-electron chi connectivity index (χ3n) is 2.64. The number of hydrogen-bond acceptors (Lipinski definition) is 2. The van der Waals surface area contributed by atoms with Gasteiger partial charge in [0.1, 0.15) is 0 Å². The van der Waals surface area contributed by atoms with E-state index in [0.717, 1.165) is 0 Å². The Morgan fingerprint density at radius 2 is 1.76 bits per heavy atom. The summed E-state index contributed by atoms with van der Waals surface area (Å²) in [5.74, 6) is -3.11. The van der Waals surface area contributed by atoms with Crippen LogP contribution in [-0.4, -0.2) is 34.6 Å². The SMILES string of the molecule is O=C(O)CCCN(Cc1ccc(Cl)cc1)C(=O)C(F)(F)F. The third kappa shape index (κ3) is 6.03. The topological polar surface area (TPSA) is 57.6 Å². The number of hydrogen-bond donors (Lipinski definition) is 1. The van der Waals surface area contributed by atoms with E-state index < -0.39 is 18.1 Å². The first-order valence-corrected chi connectivity index (χ1v) is 6.40. The van der Waals surface area contributed by atoms with Gasteiger partial charge >= 0.3 is 18.1 Å². The molecule has 4 nitrogen and oxygen atoms in total. The van der Waals surface area contributed by atoms with E-state index in [1.54, 1.807) is 0 Å². The van der Waals surface area contributed by atoms with Gasteiger partial charge in [-0.05, 0) is 24.1 Å². The number of amides is 1. The quantitative estimate of drug-likeness (QED) is 0.875. The molecule has 0 saturated carbocycles. The van der Waals surface area contributed by atoms with E-state index >= 15 is 0 Å². The minimum Gasteiger partial charge on any atom is -0.481 e. The maximum atomic E-state index is 12.5. The molecule has 0 spiro atoms. The standard InChI is InChI=1S/C13H13ClF3NO3/c14-10-5-3-9(4-6-10)8-18(7-1-2-11(19)20)12(21)13(15,16)17/h3-6H,1-2,7-8H2,(H,19,20). The number of nitrogens with zero attached hydrogens (tertiary/aromatic N) is 1. The molecule has 0 radical (unpaired) electrons. The fourth-order valence-corrected chi connectivity index (χ4v) is 1.79. The summed E-state index contributed by atoms with van der Waals surface area (Å²) in [6.07, 6.45) is -5.34. The van der Waals surface area contributed by atoms with Crippen molar-refractivity contribution in [1.29, 1.82) is 0 Å². The highest BCUT2D eigenvalue weighted by atomic mass is 35.5. The van der Waals surface area contributed by atoms with Crippen molar-refractivity contribution in [3.05, 3.63) is 34.9 Å². The van der Waals surface area contributed by atoms with Crippen molar-refractivity contribution in [3.8, 4) is 0 Å². The largest absolute Gasteiger partial charge is 0.481 e. The highest BCUT2D eigenvalue weighted by Crippen LogP contribution is 2.21. The van der Waals surface area contributed by atoms with Gasteiger partial charge in [-0.15, -0.1) is 0 Å². The molecule has 8 heteroatoms. The summed E-state index contributed by atoms with van der Waals surface area (Å²) in [7, 11) is 0. The molecule has 0 fully saturated rings. The lowest BCUT2D eigenvalue weighted by Gasteiger charge is -2.23. The highest BCUT2D eigenvalue weighted by Gasteiger charge is 2.42. The lowest BCUT2D eigenvalue weighted by Crippen LogP contribution is -2.41. The van der Waals surface area contributed by atoms with E-state index in [2.05, 4.69) is 0 Å². The zero-order chi connectivity index (χ0) is 16.0. The van der Waals surface area contributed by atoms with Crippen molar-refractivity contribution in [2.75, 3.05) is 6.54 Å². The Kier molecular flexibility index (Phi) is 6.02. The molecule has 0 unspecified atom stereocenters. The van der Waals surface area contributed by atoms with E-state index in [1.807, 2.05) is 0 Å². The van der Waals surface area contributed by atoms with Crippen LogP contribution in [0.4, 0.5) is 13.2 Å². The van der Waals surface area contributed by atoms with Gasteiger partial charge in [0.05, 0.1) is 0 Å². The van der Waals surface area contributed by atoms with Crippen LogP contribution in [0.3, 0.4) is 0 Å². The smallest absolute Gasteiger partial charge is 0.471 e. The molecular weight excluding hydrogens is 311 g/mol. The molecule has 1 N–H and O–H groups in total. The number of aliphatic carboxylic acids is 1. The Balaban J connectivity index is 2.78. The second-order valence-corrected chi connectivity index (χ2v) is 4.78. The van der Waals surface area contributed by atoms with E-state index in [-0.39, 0.29) is 25.9 Å². The maximum absolute atomic E-state index is 12.5. The van der Waals surface area contributed by atoms with Crippen LogP contribution in [-0.2, 0) is 16.1 Å². The molecule has 1 aromatic carbocycles. The summed E-state index contributed by atoms with van der Waals surface area (Å²) in [4.78, 5) is 22.3. The molecule has 0 heterocycles. The van der Waals surface area contributed by atoms with Crippen LogP contribution in [0.15, 0.2) is 24.3 Å². The van der Waals surface area contributed by atoms with Crippen LogP contribution < -0.4 is 0 Å². The van der Waals surface area contributed by atoms with Crippen molar-refractivity contribution in [3.63, 3.8) is 0 Å². The van der Waals surface area contributed by atoms with Crippen molar-refractivity contribution in [1.82, 2.24) is 4.90 Å². The lowest BCUT2D eigenvalue weighted by atomic mass is 10.2. The summed E-state index contributed by atoms with van der Waals surface area (Å²) >= 11 is 5.68. The van der Waals surface area contributed by atoms with E-state index in [1.165, 1.54) is 24.3 Å². The normalized spacial score (nSPS) is 11.2. The number of benzene rings is 1. The molecule has 21 heavy (non-hydrogen) atoms. The molecule has 0 aliphatic rings. The molecule has 116 valence electrons. The molecule has 1 rings (SSSR count). The average molecular weight is 324 g/mol. The Bertz CT molecular complexity index is 502. The molecule has 0 aromatic heterocycles. The monoisotopic (exact) mass is 323 g/mol. The van der Waals surface area contributed by atoms with Crippen LogP contribution in [0, 0.1) is 0 Å². The first kappa shape index (κ1) is 17.3. The Morgan fingerprint density at radius 3 is 2.24 bits per heavy atom. The zero-order valence-electron chi connectivity index (χ0n) is 10.9. The van der Waals surface area contributed by atoms with Crippen molar-refractivity contribution >= 4 is 23.5 Å². The Hall–Kier alpha value is -1.76. The molecule has 0 bridgehead atoms. The summed E-state index contributed by atoms with van der Waals surface area (Å²) in [6, 6.07) is 6.03. The van der Waals surface area contributed by atoms with Gasteiger partial charge in [0.2, 0.25) is 0 Å².